The van der Waals surface area contributed by atoms with Crippen LogP contribution in [0.1, 0.15) is 11.1 Å². The van der Waals surface area contributed by atoms with Gasteiger partial charge in [0.1, 0.15) is 12.5 Å². The van der Waals surface area contributed by atoms with Crippen molar-refractivity contribution in [3.8, 4) is 5.75 Å². The molecule has 0 N–H and O–H groups in total. The molecule has 0 fully saturated rings. The summed E-state index contributed by atoms with van der Waals surface area (Å²) in [7, 11) is 1.69. The van der Waals surface area contributed by atoms with Crippen LogP contribution < -0.4 is 4.74 Å². The Balaban J connectivity index is 0.000000561. The zero-order valence-corrected chi connectivity index (χ0v) is 7.76. The average Bonchev–Trinajstić information content (AvgIpc) is 2.08. The Morgan fingerprint density at radius 1 is 1.25 bits per heavy atom. The van der Waals surface area contributed by atoms with Crippen LogP contribution in [0.5, 0.6) is 5.75 Å². The minimum absolute atomic E-state index is 0.964. The Bertz CT molecular complexity index is 244. The van der Waals surface area contributed by atoms with E-state index in [9.17, 15) is 0 Å². The molecule has 1 aromatic carbocycles. The van der Waals surface area contributed by atoms with Crippen molar-refractivity contribution in [1.82, 2.24) is 0 Å². The standard InChI is InChI=1S/C9H12O.CH2O/c1-7-4-5-9(10-3)8(2)6-7;1-2/h4-6H,1-3H3;1H2. The van der Waals surface area contributed by atoms with Crippen molar-refractivity contribution in [2.75, 3.05) is 7.11 Å². The minimum atomic E-state index is 0.964. The fourth-order valence-corrected chi connectivity index (χ4v) is 1.03. The third kappa shape index (κ3) is 2.74. The second-order valence-corrected chi connectivity index (χ2v) is 2.47. The molecule has 0 saturated carbocycles. The predicted octanol–water partition coefficient (Wildman–Crippen LogP) is 2.13. The maximum atomic E-state index is 8.00. The molecular weight excluding hydrogens is 152 g/mol. The molecule has 0 amide bonds. The Hall–Kier alpha value is -1.31. The van der Waals surface area contributed by atoms with Gasteiger partial charge in [0.2, 0.25) is 0 Å². The van der Waals surface area contributed by atoms with Gasteiger partial charge < -0.3 is 9.53 Å². The van der Waals surface area contributed by atoms with E-state index in [4.69, 9.17) is 9.53 Å². The summed E-state index contributed by atoms with van der Waals surface area (Å²) < 4.78 is 5.10. The summed E-state index contributed by atoms with van der Waals surface area (Å²) in [5, 5.41) is 0. The van der Waals surface area contributed by atoms with Crippen molar-refractivity contribution in [3.05, 3.63) is 29.3 Å². The molecule has 0 aliphatic carbocycles. The minimum Gasteiger partial charge on any atom is -0.496 e. The van der Waals surface area contributed by atoms with E-state index in [1.54, 1.807) is 7.11 Å². The Labute approximate surface area is 73.2 Å². The van der Waals surface area contributed by atoms with Gasteiger partial charge in [-0.05, 0) is 25.5 Å². The summed E-state index contributed by atoms with van der Waals surface area (Å²) in [6.45, 7) is 6.12. The maximum Gasteiger partial charge on any atom is 0.121 e. The summed E-state index contributed by atoms with van der Waals surface area (Å²) in [6, 6.07) is 6.15. The molecule has 0 aromatic heterocycles. The van der Waals surface area contributed by atoms with E-state index in [0.717, 1.165) is 5.75 Å². The van der Waals surface area contributed by atoms with Gasteiger partial charge in [0, 0.05) is 0 Å². The third-order valence-electron chi connectivity index (χ3n) is 1.55. The highest BCUT2D eigenvalue weighted by molar-refractivity contribution is 5.35. The SMILES string of the molecule is C=O.COc1ccc(C)cc1C. The summed E-state index contributed by atoms with van der Waals surface area (Å²) >= 11 is 0. The lowest BCUT2D eigenvalue weighted by Crippen LogP contribution is -1.86. The Kier molecular flexibility index (Phi) is 4.77. The first-order valence-electron chi connectivity index (χ1n) is 3.64. The lowest BCUT2D eigenvalue weighted by Gasteiger charge is -2.03. The molecule has 66 valence electrons. The number of methoxy groups -OCH3 is 1. The first kappa shape index (κ1) is 10.7. The molecule has 0 atom stereocenters. The highest BCUT2D eigenvalue weighted by Gasteiger charge is 1.94. The van der Waals surface area contributed by atoms with Crippen LogP contribution in [0, 0.1) is 13.8 Å². The molecule has 0 saturated heterocycles. The van der Waals surface area contributed by atoms with Crippen LogP contribution in [-0.2, 0) is 4.79 Å². The highest BCUT2D eigenvalue weighted by Crippen LogP contribution is 2.17. The molecule has 1 aromatic rings. The number of hydrogen-bond donors (Lipinski definition) is 0. The van der Waals surface area contributed by atoms with Gasteiger partial charge in [-0.2, -0.15) is 0 Å². The summed E-state index contributed by atoms with van der Waals surface area (Å²) in [6.07, 6.45) is 0. The van der Waals surface area contributed by atoms with Crippen molar-refractivity contribution in [3.63, 3.8) is 0 Å². The number of benzene rings is 1. The van der Waals surface area contributed by atoms with Gasteiger partial charge in [0.15, 0.2) is 0 Å². The number of hydrogen-bond acceptors (Lipinski definition) is 2. The van der Waals surface area contributed by atoms with Crippen LogP contribution in [0.4, 0.5) is 0 Å². The zero-order chi connectivity index (χ0) is 9.56. The van der Waals surface area contributed by atoms with Crippen LogP contribution >= 0.6 is 0 Å². The molecule has 0 unspecified atom stereocenters. The van der Waals surface area contributed by atoms with Gasteiger partial charge in [-0.1, -0.05) is 17.7 Å². The van der Waals surface area contributed by atoms with E-state index in [1.165, 1.54) is 11.1 Å². The molecule has 0 heterocycles. The first-order valence-corrected chi connectivity index (χ1v) is 3.64. The summed E-state index contributed by atoms with van der Waals surface area (Å²) in [5.41, 5.74) is 2.47. The highest BCUT2D eigenvalue weighted by atomic mass is 16.5. The van der Waals surface area contributed by atoms with Crippen LogP contribution in [0.3, 0.4) is 0 Å². The summed E-state index contributed by atoms with van der Waals surface area (Å²) in [5.74, 6) is 0.964. The largest absolute Gasteiger partial charge is 0.496 e. The number of ether oxygens (including phenoxy) is 1. The smallest absolute Gasteiger partial charge is 0.121 e. The molecule has 1 rings (SSSR count). The predicted molar refractivity (Wildman–Crippen MR) is 49.6 cm³/mol. The molecule has 0 spiro atoms. The van der Waals surface area contributed by atoms with E-state index in [2.05, 4.69) is 13.0 Å². The topological polar surface area (TPSA) is 26.3 Å². The Morgan fingerprint density at radius 3 is 2.25 bits per heavy atom. The number of carbonyl (C=O) groups is 1. The van der Waals surface area contributed by atoms with Crippen molar-refractivity contribution in [2.24, 2.45) is 0 Å². The van der Waals surface area contributed by atoms with Crippen LogP contribution in [0.2, 0.25) is 0 Å². The Morgan fingerprint density at radius 2 is 1.83 bits per heavy atom. The van der Waals surface area contributed by atoms with Gasteiger partial charge in [-0.15, -0.1) is 0 Å². The van der Waals surface area contributed by atoms with Crippen LogP contribution in [0.15, 0.2) is 18.2 Å². The summed E-state index contributed by atoms with van der Waals surface area (Å²) in [4.78, 5) is 8.00. The maximum absolute atomic E-state index is 8.00. The normalized spacial score (nSPS) is 8.25. The van der Waals surface area contributed by atoms with E-state index in [-0.39, 0.29) is 0 Å². The molecule has 12 heavy (non-hydrogen) atoms. The third-order valence-corrected chi connectivity index (χ3v) is 1.55. The lowest BCUT2D eigenvalue weighted by atomic mass is 10.1. The lowest BCUT2D eigenvalue weighted by molar-refractivity contribution is -0.0979. The molecular formula is C10H14O2. The van der Waals surface area contributed by atoms with Crippen LogP contribution in [0.25, 0.3) is 0 Å². The molecule has 0 bridgehead atoms. The van der Waals surface area contributed by atoms with Gasteiger partial charge in [0.05, 0.1) is 7.11 Å². The van der Waals surface area contributed by atoms with Crippen molar-refractivity contribution in [2.45, 2.75) is 13.8 Å². The fraction of sp³-hybridized carbons (Fsp3) is 0.300. The fourth-order valence-electron chi connectivity index (χ4n) is 1.03. The van der Waals surface area contributed by atoms with Gasteiger partial charge in [0.25, 0.3) is 0 Å². The zero-order valence-electron chi connectivity index (χ0n) is 7.76. The molecule has 0 aliphatic heterocycles. The van der Waals surface area contributed by atoms with E-state index in [1.807, 2.05) is 25.8 Å². The van der Waals surface area contributed by atoms with Crippen molar-refractivity contribution >= 4 is 6.79 Å². The molecule has 0 radical (unpaired) electrons. The van der Waals surface area contributed by atoms with E-state index < -0.39 is 0 Å². The molecule has 2 heteroatoms. The second-order valence-electron chi connectivity index (χ2n) is 2.47. The van der Waals surface area contributed by atoms with Crippen molar-refractivity contribution < 1.29 is 9.53 Å². The number of carbonyl (C=O) groups excluding carboxylic acids is 1. The monoisotopic (exact) mass is 166 g/mol. The first-order chi connectivity index (χ1) is 5.74. The number of aryl methyl sites for hydroxylation is 2. The van der Waals surface area contributed by atoms with Crippen LogP contribution in [-0.4, -0.2) is 13.9 Å². The quantitative estimate of drug-likeness (QED) is 0.638. The van der Waals surface area contributed by atoms with Crippen molar-refractivity contribution in [1.29, 1.82) is 0 Å². The van der Waals surface area contributed by atoms with E-state index in [0.29, 0.717) is 0 Å². The van der Waals surface area contributed by atoms with E-state index >= 15 is 0 Å². The second kappa shape index (κ2) is 5.35. The molecule has 0 aliphatic rings. The number of rotatable bonds is 1. The van der Waals surface area contributed by atoms with Gasteiger partial charge in [-0.3, -0.25) is 0 Å². The molecule has 2 nitrogen and oxygen atoms in total. The van der Waals surface area contributed by atoms with Gasteiger partial charge >= 0.3 is 0 Å². The average molecular weight is 166 g/mol. The van der Waals surface area contributed by atoms with Gasteiger partial charge in [-0.25, -0.2) is 0 Å².